The molecule has 0 aliphatic heterocycles. The molecule has 0 spiro atoms. The number of carbonyl (C=O) groups excluding carboxylic acids is 1. The Morgan fingerprint density at radius 3 is 1.75 bits per heavy atom. The van der Waals surface area contributed by atoms with Gasteiger partial charge in [0.05, 0.1) is 6.61 Å². The maximum absolute atomic E-state index is 10.6. The first-order chi connectivity index (χ1) is 11.8. The zero-order valence-electron chi connectivity index (χ0n) is 15.9. The molecule has 2 nitrogen and oxygen atoms in total. The zero-order valence-corrected chi connectivity index (χ0v) is 15.9. The summed E-state index contributed by atoms with van der Waals surface area (Å²) in [6.45, 7) is 5.80. The van der Waals surface area contributed by atoms with Crippen molar-refractivity contribution in [3.05, 3.63) is 12.7 Å². The van der Waals surface area contributed by atoms with Crippen LogP contribution in [0.25, 0.3) is 0 Å². The van der Waals surface area contributed by atoms with E-state index in [2.05, 4.69) is 18.4 Å². The molecule has 0 radical (unpaired) electrons. The summed E-state index contributed by atoms with van der Waals surface area (Å²) in [4.78, 5) is 10.6. The van der Waals surface area contributed by atoms with Crippen LogP contribution in [0.15, 0.2) is 12.7 Å². The molecule has 0 aromatic heterocycles. The summed E-state index contributed by atoms with van der Waals surface area (Å²) >= 11 is 0. The molecule has 138 valence electrons. The number of unbranched alkanes of at least 4 members (excludes halogenated alkanes) is 13. The maximum atomic E-state index is 10.6. The molecule has 0 aromatic carbocycles. The van der Waals surface area contributed by atoms with Crippen molar-refractivity contribution in [2.75, 3.05) is 6.61 Å². The summed E-state index contributed by atoms with van der Waals surface area (Å²) in [5, 5.41) is 0. The Hall–Kier alpha value is -1.23. The lowest BCUT2D eigenvalue weighted by molar-refractivity contribution is -0.141. The number of ether oxygens (including phenoxy) is 1. The van der Waals surface area contributed by atoms with E-state index in [1.807, 2.05) is 6.08 Å². The van der Waals surface area contributed by atoms with E-state index in [1.165, 1.54) is 77.6 Å². The predicted octanol–water partition coefficient (Wildman–Crippen LogP) is 6.59. The van der Waals surface area contributed by atoms with E-state index in [9.17, 15) is 4.79 Å². The molecule has 0 N–H and O–H groups in total. The second kappa shape index (κ2) is 19.8. The van der Waals surface area contributed by atoms with E-state index in [0.29, 0.717) is 6.61 Å². The lowest BCUT2D eigenvalue weighted by atomic mass is 10.1. The molecule has 0 unspecified atom stereocenters. The maximum Gasteiger partial charge on any atom is 0.302 e. The molecule has 0 heterocycles. The van der Waals surface area contributed by atoms with Crippen molar-refractivity contribution in [1.29, 1.82) is 0 Å². The molecule has 0 atom stereocenters. The van der Waals surface area contributed by atoms with Crippen LogP contribution in [0.1, 0.15) is 103 Å². The van der Waals surface area contributed by atoms with E-state index in [0.717, 1.165) is 25.7 Å². The van der Waals surface area contributed by atoms with Gasteiger partial charge in [-0.3, -0.25) is 4.79 Å². The number of esters is 1. The summed E-state index contributed by atoms with van der Waals surface area (Å²) < 4.78 is 4.92. The van der Waals surface area contributed by atoms with Crippen molar-refractivity contribution < 1.29 is 9.53 Å². The lowest BCUT2D eigenvalue weighted by Crippen LogP contribution is -2.00. The van der Waals surface area contributed by atoms with Gasteiger partial charge in [0.25, 0.3) is 0 Å². The third-order valence-corrected chi connectivity index (χ3v) is 4.09. The van der Waals surface area contributed by atoms with Crippen LogP contribution >= 0.6 is 0 Å². The Kier molecular flexibility index (Phi) is 18.8. The van der Waals surface area contributed by atoms with Crippen LogP contribution < -0.4 is 0 Å². The molecule has 0 aliphatic carbocycles. The minimum Gasteiger partial charge on any atom is -0.466 e. The van der Waals surface area contributed by atoms with Gasteiger partial charge in [0.2, 0.25) is 0 Å². The third kappa shape index (κ3) is 20.8. The first-order valence-electron chi connectivity index (χ1n) is 9.97. The highest BCUT2D eigenvalue weighted by Gasteiger charge is 1.94. The minimum atomic E-state index is -0.165. The van der Waals surface area contributed by atoms with Crippen molar-refractivity contribution in [2.45, 2.75) is 103 Å². The highest BCUT2D eigenvalue weighted by atomic mass is 16.5. The molecule has 0 saturated heterocycles. The molecule has 0 aliphatic rings. The monoisotopic (exact) mass is 334 g/mol. The van der Waals surface area contributed by atoms with Crippen LogP contribution in [0.3, 0.4) is 0 Å². The van der Waals surface area contributed by atoms with E-state index in [1.54, 1.807) is 0 Å². The van der Waals surface area contributed by atoms with Crippen LogP contribution in [0.5, 0.6) is 0 Å². The largest absolute Gasteiger partial charge is 0.466 e. The fraction of sp³-hybridized carbons (Fsp3) is 0.773. The van der Waals surface area contributed by atoms with Crippen LogP contribution in [-0.2, 0) is 9.53 Å². The van der Waals surface area contributed by atoms with Gasteiger partial charge in [-0.15, -0.1) is 18.4 Å². The molecule has 0 amide bonds. The topological polar surface area (TPSA) is 26.3 Å². The third-order valence-electron chi connectivity index (χ3n) is 4.09. The number of carbonyl (C=O) groups is 1. The van der Waals surface area contributed by atoms with Gasteiger partial charge in [-0.1, -0.05) is 57.4 Å². The van der Waals surface area contributed by atoms with Gasteiger partial charge >= 0.3 is 5.97 Å². The highest BCUT2D eigenvalue weighted by Crippen LogP contribution is 2.10. The summed E-state index contributed by atoms with van der Waals surface area (Å²) in [5.41, 5.74) is 0. The molecule has 24 heavy (non-hydrogen) atoms. The van der Waals surface area contributed by atoms with Crippen LogP contribution in [-0.4, -0.2) is 12.6 Å². The van der Waals surface area contributed by atoms with Crippen molar-refractivity contribution in [1.82, 2.24) is 0 Å². The molecular weight excluding hydrogens is 296 g/mol. The Balaban J connectivity index is 3.11. The normalized spacial score (nSPS) is 10.0. The van der Waals surface area contributed by atoms with Crippen molar-refractivity contribution in [2.24, 2.45) is 0 Å². The zero-order chi connectivity index (χ0) is 17.7. The second-order valence-corrected chi connectivity index (χ2v) is 6.51. The molecule has 0 bridgehead atoms. The number of rotatable bonds is 16. The molecular formula is C22H38O2. The van der Waals surface area contributed by atoms with Crippen molar-refractivity contribution >= 4 is 5.97 Å². The second-order valence-electron chi connectivity index (χ2n) is 6.51. The van der Waals surface area contributed by atoms with Crippen molar-refractivity contribution in [3.63, 3.8) is 0 Å². The van der Waals surface area contributed by atoms with Gasteiger partial charge in [0.15, 0.2) is 0 Å². The SMILES string of the molecule is C=CCCCCCCC#CCCCCCCCCCCOC(C)=O. The standard InChI is InChI=1S/C22H38O2/c1-3-4-5-6-7-8-9-10-11-12-13-14-15-16-17-18-19-20-21-24-22(2)23/h3H,1,4-9,12-21H2,2H3. The van der Waals surface area contributed by atoms with Crippen LogP contribution in [0, 0.1) is 11.8 Å². The van der Waals surface area contributed by atoms with Gasteiger partial charge < -0.3 is 4.74 Å². The molecule has 0 rings (SSSR count). The van der Waals surface area contributed by atoms with Crippen LogP contribution in [0.4, 0.5) is 0 Å². The first kappa shape index (κ1) is 22.8. The summed E-state index contributed by atoms with van der Waals surface area (Å²) in [6.07, 6.45) is 20.4. The van der Waals surface area contributed by atoms with E-state index in [4.69, 9.17) is 4.74 Å². The van der Waals surface area contributed by atoms with Gasteiger partial charge in [0, 0.05) is 19.8 Å². The first-order valence-corrected chi connectivity index (χ1v) is 9.97. The average molecular weight is 335 g/mol. The Labute approximate surface area is 150 Å². The molecule has 0 saturated carbocycles. The van der Waals surface area contributed by atoms with E-state index in [-0.39, 0.29) is 5.97 Å². The van der Waals surface area contributed by atoms with Gasteiger partial charge in [0.1, 0.15) is 0 Å². The summed E-state index contributed by atoms with van der Waals surface area (Å²) in [6, 6.07) is 0. The molecule has 2 heteroatoms. The summed E-state index contributed by atoms with van der Waals surface area (Å²) in [7, 11) is 0. The number of allylic oxidation sites excluding steroid dienone is 1. The van der Waals surface area contributed by atoms with Gasteiger partial charge in [-0.05, 0) is 32.1 Å². The fourth-order valence-corrected chi connectivity index (χ4v) is 2.62. The fourth-order valence-electron chi connectivity index (χ4n) is 2.62. The Morgan fingerprint density at radius 1 is 0.792 bits per heavy atom. The highest BCUT2D eigenvalue weighted by molar-refractivity contribution is 5.65. The minimum absolute atomic E-state index is 0.165. The van der Waals surface area contributed by atoms with Gasteiger partial charge in [-0.25, -0.2) is 0 Å². The van der Waals surface area contributed by atoms with Crippen molar-refractivity contribution in [3.8, 4) is 11.8 Å². The molecule has 0 fully saturated rings. The quantitative estimate of drug-likeness (QED) is 0.138. The molecule has 0 aromatic rings. The number of hydrogen-bond acceptors (Lipinski definition) is 2. The Morgan fingerprint density at radius 2 is 1.25 bits per heavy atom. The van der Waals surface area contributed by atoms with Gasteiger partial charge in [-0.2, -0.15) is 0 Å². The van der Waals surface area contributed by atoms with E-state index >= 15 is 0 Å². The smallest absolute Gasteiger partial charge is 0.302 e. The predicted molar refractivity (Wildman–Crippen MR) is 104 cm³/mol. The summed E-state index contributed by atoms with van der Waals surface area (Å²) in [5.74, 6) is 6.46. The lowest BCUT2D eigenvalue weighted by Gasteiger charge is -2.02. The Bertz CT molecular complexity index is 349. The van der Waals surface area contributed by atoms with E-state index < -0.39 is 0 Å². The average Bonchev–Trinajstić information content (AvgIpc) is 2.56. The van der Waals surface area contributed by atoms with Crippen LogP contribution in [0.2, 0.25) is 0 Å². The number of hydrogen-bond donors (Lipinski definition) is 0.